The molecular formula is C13H19N3O5S. The van der Waals surface area contributed by atoms with Crippen molar-refractivity contribution in [2.24, 2.45) is 0 Å². The Morgan fingerprint density at radius 3 is 2.68 bits per heavy atom. The molecule has 1 saturated heterocycles. The van der Waals surface area contributed by atoms with Crippen molar-refractivity contribution < 1.29 is 18.1 Å². The number of nitro groups is 1. The van der Waals surface area contributed by atoms with E-state index in [9.17, 15) is 18.5 Å². The lowest BCUT2D eigenvalue weighted by Crippen LogP contribution is -2.56. The number of nitrogens with one attached hydrogen (secondary N) is 1. The van der Waals surface area contributed by atoms with Crippen LogP contribution in [0, 0.1) is 10.1 Å². The number of nitro benzene ring substituents is 1. The van der Waals surface area contributed by atoms with E-state index in [0.29, 0.717) is 6.54 Å². The Balaban J connectivity index is 2.51. The fourth-order valence-electron chi connectivity index (χ4n) is 2.43. The van der Waals surface area contributed by atoms with Crippen LogP contribution in [-0.2, 0) is 10.0 Å². The summed E-state index contributed by atoms with van der Waals surface area (Å²) in [5, 5.41) is 14.4. The number of rotatable bonds is 4. The number of nitrogens with zero attached hydrogens (tertiary/aromatic N) is 2. The molecule has 1 heterocycles. The van der Waals surface area contributed by atoms with Gasteiger partial charge in [0, 0.05) is 25.2 Å². The highest BCUT2D eigenvalue weighted by atomic mass is 32.2. The smallest absolute Gasteiger partial charge is 0.293 e. The van der Waals surface area contributed by atoms with Crippen LogP contribution in [0.5, 0.6) is 5.75 Å². The minimum absolute atomic E-state index is 0.0109. The first-order valence-corrected chi connectivity index (χ1v) is 8.29. The van der Waals surface area contributed by atoms with Gasteiger partial charge in [-0.3, -0.25) is 10.1 Å². The van der Waals surface area contributed by atoms with Gasteiger partial charge in [-0.2, -0.15) is 4.31 Å². The van der Waals surface area contributed by atoms with Crippen LogP contribution in [0.3, 0.4) is 0 Å². The maximum absolute atomic E-state index is 12.8. The second-order valence-electron chi connectivity index (χ2n) is 5.32. The number of hydrogen-bond acceptors (Lipinski definition) is 6. The Hall–Kier alpha value is -1.71. The van der Waals surface area contributed by atoms with Crippen LogP contribution in [0.25, 0.3) is 0 Å². The Kier molecular flexibility index (Phi) is 4.69. The molecule has 8 nitrogen and oxygen atoms in total. The van der Waals surface area contributed by atoms with Crippen molar-refractivity contribution in [3.05, 3.63) is 28.3 Å². The SMILES string of the molecule is COc1ccc(S(=O)(=O)N2CC(C)NCC2C)c([N+](=O)[O-])c1. The first kappa shape index (κ1) is 16.7. The van der Waals surface area contributed by atoms with Crippen molar-refractivity contribution in [1.29, 1.82) is 0 Å². The largest absolute Gasteiger partial charge is 0.497 e. The molecule has 2 unspecified atom stereocenters. The van der Waals surface area contributed by atoms with Crippen molar-refractivity contribution in [3.63, 3.8) is 0 Å². The molecule has 0 spiro atoms. The Morgan fingerprint density at radius 2 is 2.09 bits per heavy atom. The molecule has 122 valence electrons. The van der Waals surface area contributed by atoms with E-state index in [1.165, 1.54) is 23.5 Å². The van der Waals surface area contributed by atoms with E-state index < -0.39 is 20.6 Å². The van der Waals surface area contributed by atoms with Gasteiger partial charge in [0.15, 0.2) is 4.90 Å². The molecule has 1 aromatic rings. The summed E-state index contributed by atoms with van der Waals surface area (Å²) in [6.07, 6.45) is 0. The molecule has 2 rings (SSSR count). The lowest BCUT2D eigenvalue weighted by Gasteiger charge is -2.36. The third-order valence-electron chi connectivity index (χ3n) is 3.66. The van der Waals surface area contributed by atoms with Crippen molar-refractivity contribution in [2.75, 3.05) is 20.2 Å². The summed E-state index contributed by atoms with van der Waals surface area (Å²) >= 11 is 0. The molecular weight excluding hydrogens is 310 g/mol. The molecule has 1 aliphatic heterocycles. The zero-order valence-electron chi connectivity index (χ0n) is 12.6. The summed E-state index contributed by atoms with van der Waals surface area (Å²) in [5.74, 6) is 0.243. The highest BCUT2D eigenvalue weighted by molar-refractivity contribution is 7.89. The summed E-state index contributed by atoms with van der Waals surface area (Å²) < 4.78 is 31.9. The summed E-state index contributed by atoms with van der Waals surface area (Å²) in [7, 11) is -2.58. The van der Waals surface area contributed by atoms with Crippen LogP contribution in [0.15, 0.2) is 23.1 Å². The molecule has 0 saturated carbocycles. The van der Waals surface area contributed by atoms with Gasteiger partial charge in [-0.05, 0) is 26.0 Å². The van der Waals surface area contributed by atoms with E-state index in [1.807, 2.05) is 6.92 Å². The monoisotopic (exact) mass is 329 g/mol. The number of piperazine rings is 1. The zero-order chi connectivity index (χ0) is 16.5. The van der Waals surface area contributed by atoms with Crippen LogP contribution >= 0.6 is 0 Å². The van der Waals surface area contributed by atoms with E-state index in [4.69, 9.17) is 4.74 Å². The lowest BCUT2D eigenvalue weighted by atomic mass is 10.2. The highest BCUT2D eigenvalue weighted by Crippen LogP contribution is 2.31. The van der Waals surface area contributed by atoms with Crippen LogP contribution in [0.1, 0.15) is 13.8 Å². The maximum atomic E-state index is 12.8. The average molecular weight is 329 g/mol. The molecule has 22 heavy (non-hydrogen) atoms. The van der Waals surface area contributed by atoms with Gasteiger partial charge in [-0.25, -0.2) is 8.42 Å². The third kappa shape index (κ3) is 3.06. The molecule has 0 amide bonds. The molecule has 1 fully saturated rings. The number of benzene rings is 1. The van der Waals surface area contributed by atoms with Gasteiger partial charge in [-0.1, -0.05) is 0 Å². The van der Waals surface area contributed by atoms with E-state index >= 15 is 0 Å². The van der Waals surface area contributed by atoms with Crippen LogP contribution in [-0.4, -0.2) is 49.9 Å². The zero-order valence-corrected chi connectivity index (χ0v) is 13.5. The molecule has 0 bridgehead atoms. The fourth-order valence-corrected chi connectivity index (χ4v) is 4.29. The quantitative estimate of drug-likeness (QED) is 0.652. The van der Waals surface area contributed by atoms with E-state index in [1.54, 1.807) is 6.92 Å². The Morgan fingerprint density at radius 1 is 1.41 bits per heavy atom. The van der Waals surface area contributed by atoms with Crippen LogP contribution in [0.4, 0.5) is 5.69 Å². The summed E-state index contributed by atoms with van der Waals surface area (Å²) in [5.41, 5.74) is -0.474. The molecule has 2 atom stereocenters. The second-order valence-corrected chi connectivity index (χ2v) is 7.18. The van der Waals surface area contributed by atoms with Crippen molar-refractivity contribution in [2.45, 2.75) is 30.8 Å². The van der Waals surface area contributed by atoms with Gasteiger partial charge in [-0.15, -0.1) is 0 Å². The standard InChI is InChI=1S/C13H19N3O5S/c1-9-8-15(10(2)7-14-9)22(19,20)13-5-4-11(21-3)6-12(13)16(17)18/h4-6,9-10,14H,7-8H2,1-3H3. The van der Waals surface area contributed by atoms with Gasteiger partial charge in [0.2, 0.25) is 10.0 Å². The number of ether oxygens (including phenoxy) is 1. The van der Waals surface area contributed by atoms with E-state index in [-0.39, 0.29) is 29.3 Å². The third-order valence-corrected chi connectivity index (χ3v) is 5.68. The summed E-state index contributed by atoms with van der Waals surface area (Å²) in [6, 6.07) is 3.48. The first-order chi connectivity index (χ1) is 10.3. The van der Waals surface area contributed by atoms with Crippen molar-refractivity contribution in [1.82, 2.24) is 9.62 Å². The molecule has 0 radical (unpaired) electrons. The van der Waals surface area contributed by atoms with Gasteiger partial charge in [0.05, 0.1) is 18.1 Å². The van der Waals surface area contributed by atoms with Gasteiger partial charge < -0.3 is 10.1 Å². The fraction of sp³-hybridized carbons (Fsp3) is 0.538. The summed E-state index contributed by atoms with van der Waals surface area (Å²) in [6.45, 7) is 4.42. The van der Waals surface area contributed by atoms with Gasteiger partial charge >= 0.3 is 0 Å². The molecule has 1 N–H and O–H groups in total. The minimum Gasteiger partial charge on any atom is -0.497 e. The van der Waals surface area contributed by atoms with Crippen LogP contribution in [0.2, 0.25) is 0 Å². The molecule has 9 heteroatoms. The molecule has 0 aromatic heterocycles. The number of sulfonamides is 1. The van der Waals surface area contributed by atoms with E-state index in [2.05, 4.69) is 5.32 Å². The normalized spacial score (nSPS) is 23.2. The Bertz CT molecular complexity index is 676. The van der Waals surface area contributed by atoms with Gasteiger partial charge in [0.1, 0.15) is 5.75 Å². The first-order valence-electron chi connectivity index (χ1n) is 6.85. The van der Waals surface area contributed by atoms with Crippen molar-refractivity contribution in [3.8, 4) is 5.75 Å². The van der Waals surface area contributed by atoms with Crippen molar-refractivity contribution >= 4 is 15.7 Å². The minimum atomic E-state index is -3.95. The average Bonchev–Trinajstić information content (AvgIpc) is 2.48. The Labute approximate surface area is 129 Å². The lowest BCUT2D eigenvalue weighted by molar-refractivity contribution is -0.387. The molecule has 1 aliphatic rings. The number of methoxy groups -OCH3 is 1. The molecule has 1 aromatic carbocycles. The predicted octanol–water partition coefficient (Wildman–Crippen LogP) is 0.974. The number of hydrogen-bond donors (Lipinski definition) is 1. The van der Waals surface area contributed by atoms with Crippen LogP contribution < -0.4 is 10.1 Å². The van der Waals surface area contributed by atoms with Gasteiger partial charge in [0.25, 0.3) is 5.69 Å². The molecule has 0 aliphatic carbocycles. The topological polar surface area (TPSA) is 102 Å². The summed E-state index contributed by atoms with van der Waals surface area (Å²) in [4.78, 5) is 10.2. The van der Waals surface area contributed by atoms with E-state index in [0.717, 1.165) is 6.07 Å². The highest BCUT2D eigenvalue weighted by Gasteiger charge is 2.37. The predicted molar refractivity (Wildman–Crippen MR) is 80.5 cm³/mol. The maximum Gasteiger partial charge on any atom is 0.293 e. The second kappa shape index (κ2) is 6.19.